The number of halogens is 3. The van der Waals surface area contributed by atoms with Crippen LogP contribution in [0.1, 0.15) is 37.5 Å². The third-order valence-electron chi connectivity index (χ3n) is 4.91. The number of hydrogen-bond donors (Lipinski definition) is 1. The summed E-state index contributed by atoms with van der Waals surface area (Å²) in [7, 11) is 0. The fourth-order valence-electron chi connectivity index (χ4n) is 3.67. The van der Waals surface area contributed by atoms with Crippen LogP contribution in [-0.2, 0) is 6.18 Å². The lowest BCUT2D eigenvalue weighted by Crippen LogP contribution is -2.16. The minimum atomic E-state index is -4.98. The van der Waals surface area contributed by atoms with Gasteiger partial charge >= 0.3 is 12.1 Å². The van der Waals surface area contributed by atoms with E-state index in [1.54, 1.807) is 49.4 Å². The molecule has 0 atom stereocenters. The highest BCUT2D eigenvalue weighted by Crippen LogP contribution is 2.39. The van der Waals surface area contributed by atoms with Gasteiger partial charge in [0.2, 0.25) is 0 Å². The molecule has 0 radical (unpaired) electrons. The topological polar surface area (TPSA) is 58.8 Å². The molecule has 0 unspecified atom stereocenters. The molecule has 29 heavy (non-hydrogen) atoms. The third-order valence-corrected chi connectivity index (χ3v) is 4.91. The first-order chi connectivity index (χ1) is 13.7. The first kappa shape index (κ1) is 18.7. The van der Waals surface area contributed by atoms with Gasteiger partial charge in [-0.25, -0.2) is 4.79 Å². The zero-order valence-corrected chi connectivity index (χ0v) is 15.1. The molecule has 0 spiro atoms. The van der Waals surface area contributed by atoms with Gasteiger partial charge in [-0.2, -0.15) is 13.2 Å². The van der Waals surface area contributed by atoms with Crippen LogP contribution in [0.25, 0.3) is 16.4 Å². The van der Waals surface area contributed by atoms with Crippen LogP contribution in [0.2, 0.25) is 0 Å². The Morgan fingerprint density at radius 1 is 0.862 bits per heavy atom. The van der Waals surface area contributed by atoms with E-state index in [1.807, 2.05) is 0 Å². The zero-order valence-electron chi connectivity index (χ0n) is 15.1. The van der Waals surface area contributed by atoms with Crippen molar-refractivity contribution < 1.29 is 27.9 Å². The lowest BCUT2D eigenvalue weighted by molar-refractivity contribution is -0.142. The number of aromatic carboxylic acids is 1. The second-order valence-electron chi connectivity index (χ2n) is 6.66. The molecule has 0 aliphatic heterocycles. The number of carboxylic acids is 1. The lowest BCUT2D eigenvalue weighted by atomic mass is 9.96. The zero-order chi connectivity index (χ0) is 20.9. The number of aromatic nitrogens is 1. The summed E-state index contributed by atoms with van der Waals surface area (Å²) < 4.78 is 42.9. The van der Waals surface area contributed by atoms with Crippen molar-refractivity contribution in [2.45, 2.75) is 13.1 Å². The van der Waals surface area contributed by atoms with E-state index in [4.69, 9.17) is 0 Å². The van der Waals surface area contributed by atoms with Gasteiger partial charge in [0.1, 0.15) is 11.3 Å². The number of para-hydroxylation sites is 1. The number of carbonyl (C=O) groups excluding carboxylic acids is 1. The Hall–Kier alpha value is -3.61. The molecular weight excluding hydrogens is 383 g/mol. The maximum atomic E-state index is 14.0. The number of hydrogen-bond acceptors (Lipinski definition) is 2. The van der Waals surface area contributed by atoms with E-state index in [0.29, 0.717) is 10.9 Å². The van der Waals surface area contributed by atoms with Crippen LogP contribution in [0.5, 0.6) is 0 Å². The average molecular weight is 397 g/mol. The normalized spacial score (nSPS) is 11.9. The fourth-order valence-corrected chi connectivity index (χ4v) is 3.67. The van der Waals surface area contributed by atoms with Crippen molar-refractivity contribution in [2.75, 3.05) is 0 Å². The van der Waals surface area contributed by atoms with Gasteiger partial charge in [-0.05, 0) is 30.0 Å². The standard InChI is InChI=1S/C22H14F3NO3/c1-12-6-2-4-8-14(12)19(27)17-16-11-10-13-7-3-5-9-15(13)26(16)20(22(23,24)25)18(17)21(28)29/h2-11H,1H3,(H,28,29). The molecule has 0 saturated heterocycles. The maximum Gasteiger partial charge on any atom is 0.432 e. The molecule has 0 bridgehead atoms. The van der Waals surface area contributed by atoms with Crippen molar-refractivity contribution >= 4 is 28.2 Å². The van der Waals surface area contributed by atoms with E-state index >= 15 is 0 Å². The Kier molecular flexibility index (Phi) is 4.19. The summed E-state index contributed by atoms with van der Waals surface area (Å²) in [5, 5.41) is 10.2. The number of pyridine rings is 1. The van der Waals surface area contributed by atoms with Crippen molar-refractivity contribution in [1.82, 2.24) is 4.40 Å². The molecule has 2 aromatic carbocycles. The quantitative estimate of drug-likeness (QED) is 0.474. The molecule has 0 amide bonds. The van der Waals surface area contributed by atoms with E-state index in [9.17, 15) is 27.9 Å². The van der Waals surface area contributed by atoms with Gasteiger partial charge in [0, 0.05) is 5.56 Å². The lowest BCUT2D eigenvalue weighted by Gasteiger charge is -2.11. The van der Waals surface area contributed by atoms with E-state index in [-0.39, 0.29) is 16.6 Å². The highest BCUT2D eigenvalue weighted by molar-refractivity contribution is 6.20. The molecule has 2 aromatic heterocycles. The summed E-state index contributed by atoms with van der Waals surface area (Å²) in [4.78, 5) is 25.2. The van der Waals surface area contributed by atoms with Crippen LogP contribution in [0.4, 0.5) is 13.2 Å². The molecule has 4 aromatic rings. The minimum absolute atomic E-state index is 0.0957. The summed E-state index contributed by atoms with van der Waals surface area (Å²) in [6, 6.07) is 15.6. The summed E-state index contributed by atoms with van der Waals surface area (Å²) >= 11 is 0. The number of benzene rings is 2. The Morgan fingerprint density at radius 3 is 2.17 bits per heavy atom. The first-order valence-electron chi connectivity index (χ1n) is 8.69. The predicted octanol–water partition coefficient (Wildman–Crippen LogP) is 5.35. The van der Waals surface area contributed by atoms with Gasteiger partial charge in [0.15, 0.2) is 5.78 Å². The molecule has 1 N–H and O–H groups in total. The summed E-state index contributed by atoms with van der Waals surface area (Å²) in [5.74, 6) is -2.56. The molecule has 0 saturated carbocycles. The number of alkyl halides is 3. The van der Waals surface area contributed by atoms with Gasteiger partial charge in [-0.3, -0.25) is 4.79 Å². The number of nitrogens with zero attached hydrogens (tertiary/aromatic N) is 1. The number of carboxylic acid groups (broad SMARTS) is 1. The van der Waals surface area contributed by atoms with Crippen molar-refractivity contribution in [3.05, 3.63) is 88.6 Å². The molecule has 146 valence electrons. The van der Waals surface area contributed by atoms with E-state index < -0.39 is 34.7 Å². The summed E-state index contributed by atoms with van der Waals surface area (Å²) in [5.41, 5.74) is -2.10. The predicted molar refractivity (Wildman–Crippen MR) is 101 cm³/mol. The van der Waals surface area contributed by atoms with E-state index in [0.717, 1.165) is 4.40 Å². The number of aryl methyl sites for hydroxylation is 1. The number of ketones is 1. The molecule has 4 nitrogen and oxygen atoms in total. The Balaban J connectivity index is 2.22. The van der Waals surface area contributed by atoms with Crippen LogP contribution >= 0.6 is 0 Å². The molecule has 0 aliphatic rings. The van der Waals surface area contributed by atoms with Crippen LogP contribution in [0.15, 0.2) is 60.7 Å². The van der Waals surface area contributed by atoms with Gasteiger partial charge < -0.3 is 9.51 Å². The van der Waals surface area contributed by atoms with Gasteiger partial charge in [0.05, 0.1) is 16.6 Å². The van der Waals surface area contributed by atoms with Gasteiger partial charge in [-0.15, -0.1) is 0 Å². The van der Waals surface area contributed by atoms with Crippen LogP contribution in [0, 0.1) is 6.92 Å². The highest BCUT2D eigenvalue weighted by atomic mass is 19.4. The molecule has 2 heterocycles. The Morgan fingerprint density at radius 2 is 1.52 bits per heavy atom. The molecular formula is C22H14F3NO3. The Bertz CT molecular complexity index is 1300. The van der Waals surface area contributed by atoms with Crippen LogP contribution < -0.4 is 0 Å². The molecule has 0 aliphatic carbocycles. The second kappa shape index (κ2) is 6.48. The highest BCUT2D eigenvalue weighted by Gasteiger charge is 2.43. The van der Waals surface area contributed by atoms with Gasteiger partial charge in [0.25, 0.3) is 0 Å². The number of carbonyl (C=O) groups is 2. The SMILES string of the molecule is Cc1ccccc1C(=O)c1c(C(=O)O)c(C(F)(F)F)n2c1ccc1ccccc12. The van der Waals surface area contributed by atoms with Crippen molar-refractivity contribution in [2.24, 2.45) is 0 Å². The van der Waals surface area contributed by atoms with E-state index in [2.05, 4.69) is 0 Å². The monoisotopic (exact) mass is 397 g/mol. The van der Waals surface area contributed by atoms with Gasteiger partial charge in [-0.1, -0.05) is 48.5 Å². The number of fused-ring (bicyclic) bond motifs is 3. The van der Waals surface area contributed by atoms with Crippen molar-refractivity contribution in [1.29, 1.82) is 0 Å². The average Bonchev–Trinajstić information content (AvgIpc) is 3.04. The van der Waals surface area contributed by atoms with Crippen molar-refractivity contribution in [3.63, 3.8) is 0 Å². The molecule has 4 rings (SSSR count). The smallest absolute Gasteiger partial charge is 0.432 e. The summed E-state index contributed by atoms with van der Waals surface area (Å²) in [6.07, 6.45) is -4.98. The largest absolute Gasteiger partial charge is 0.478 e. The Labute approximate surface area is 162 Å². The third kappa shape index (κ3) is 2.86. The maximum absolute atomic E-state index is 14.0. The first-order valence-corrected chi connectivity index (χ1v) is 8.69. The molecule has 7 heteroatoms. The van der Waals surface area contributed by atoms with Crippen LogP contribution in [-0.4, -0.2) is 21.3 Å². The van der Waals surface area contributed by atoms with Crippen LogP contribution in [0.3, 0.4) is 0 Å². The second-order valence-corrected chi connectivity index (χ2v) is 6.66. The molecule has 0 fully saturated rings. The minimum Gasteiger partial charge on any atom is -0.478 e. The fraction of sp³-hybridized carbons (Fsp3) is 0.0909. The summed E-state index contributed by atoms with van der Waals surface area (Å²) in [6.45, 7) is 1.64. The van der Waals surface area contributed by atoms with E-state index in [1.165, 1.54) is 18.2 Å². The number of rotatable bonds is 3. The van der Waals surface area contributed by atoms with Crippen molar-refractivity contribution in [3.8, 4) is 0 Å².